The van der Waals surface area contributed by atoms with Gasteiger partial charge in [-0.25, -0.2) is 34.3 Å². The van der Waals surface area contributed by atoms with Crippen molar-refractivity contribution in [2.75, 3.05) is 147 Å². The Morgan fingerprint density at radius 1 is 0.412 bits per heavy atom. The highest BCUT2D eigenvalue weighted by molar-refractivity contribution is 6.01. The number of nitrogens with zero attached hydrogens (tertiary/aromatic N) is 19. The predicted octanol–water partition coefficient (Wildman–Crippen LogP) is 14.8. The van der Waals surface area contributed by atoms with Gasteiger partial charge in [-0.15, -0.1) is 0 Å². The number of carbonyl (C=O) groups excluding carboxylic acids is 6. The number of pyridine rings is 1. The van der Waals surface area contributed by atoms with E-state index in [1.165, 1.54) is 31.2 Å². The van der Waals surface area contributed by atoms with E-state index in [4.69, 9.17) is 29.2 Å². The summed E-state index contributed by atoms with van der Waals surface area (Å²) in [5, 5.41) is 12.6. The number of benzene rings is 2. The van der Waals surface area contributed by atoms with Gasteiger partial charge in [0.05, 0.1) is 11.9 Å². The fourth-order valence-electron chi connectivity index (χ4n) is 16.4. The van der Waals surface area contributed by atoms with Crippen molar-refractivity contribution in [2.45, 2.75) is 188 Å². The summed E-state index contributed by atoms with van der Waals surface area (Å²) in [6.07, 6.45) is 19.7. The van der Waals surface area contributed by atoms with Crippen molar-refractivity contribution in [1.29, 1.82) is 0 Å². The molecule has 0 radical (unpaired) electrons. The van der Waals surface area contributed by atoms with Gasteiger partial charge in [0.2, 0.25) is 17.8 Å². The molecule has 7 aromatic heterocycles. The lowest BCUT2D eigenvalue weighted by molar-refractivity contribution is 0.0137. The van der Waals surface area contributed by atoms with E-state index >= 15 is 0 Å². The molecule has 119 heavy (non-hydrogen) atoms. The molecule has 15 rings (SSSR count). The molecule has 0 unspecified atom stereocenters. The summed E-state index contributed by atoms with van der Waals surface area (Å²) in [6, 6.07) is 25.0. The maximum atomic E-state index is 13.2. The molecule has 636 valence electrons. The quantitative estimate of drug-likeness (QED) is 0.0757. The number of fused-ring (bicyclic) bond motifs is 3. The highest BCUT2D eigenvalue weighted by Crippen LogP contribution is 2.40. The molecule has 9 aromatic rings. The van der Waals surface area contributed by atoms with Crippen LogP contribution in [0.4, 0.5) is 60.8 Å². The Morgan fingerprint density at radius 3 is 1.18 bits per heavy atom. The molecule has 31 nitrogen and oxygen atoms in total. The second-order valence-electron chi connectivity index (χ2n) is 35.6. The van der Waals surface area contributed by atoms with Crippen molar-refractivity contribution < 1.29 is 43.0 Å². The van der Waals surface area contributed by atoms with Crippen LogP contribution in [0.5, 0.6) is 0 Å². The van der Waals surface area contributed by atoms with Gasteiger partial charge in [0.15, 0.2) is 0 Å². The van der Waals surface area contributed by atoms with Crippen LogP contribution in [-0.4, -0.2) is 257 Å². The molecule has 3 saturated heterocycles. The number of piperazine rings is 3. The normalized spacial score (nSPS) is 16.6. The van der Waals surface area contributed by atoms with Gasteiger partial charge in [-0.05, 0) is 180 Å². The number of ether oxygens (including phenoxy) is 3. The fourth-order valence-corrected chi connectivity index (χ4v) is 16.4. The predicted molar refractivity (Wildman–Crippen MR) is 464 cm³/mol. The summed E-state index contributed by atoms with van der Waals surface area (Å²) >= 11 is 0. The van der Waals surface area contributed by atoms with Crippen LogP contribution < -0.4 is 25.8 Å². The first-order valence-corrected chi connectivity index (χ1v) is 42.1. The van der Waals surface area contributed by atoms with Gasteiger partial charge in [-0.1, -0.05) is 50.7 Å². The topological polar surface area (TPSA) is 300 Å². The molecule has 10 heterocycles. The number of amides is 6. The molecule has 31 heteroatoms. The minimum Gasteiger partial charge on any atom is -0.444 e. The zero-order valence-electron chi connectivity index (χ0n) is 72.3. The minimum absolute atomic E-state index is 0.0127. The van der Waals surface area contributed by atoms with Crippen LogP contribution in [0, 0.1) is 6.92 Å². The number of rotatable bonds is 16. The molecule has 3 N–H and O–H groups in total. The third kappa shape index (κ3) is 21.0. The van der Waals surface area contributed by atoms with Gasteiger partial charge >= 0.3 is 18.3 Å². The monoisotopic (exact) mass is 1630 g/mol. The van der Waals surface area contributed by atoms with E-state index in [1.807, 2.05) is 124 Å². The van der Waals surface area contributed by atoms with Crippen molar-refractivity contribution >= 4 is 116 Å². The van der Waals surface area contributed by atoms with Crippen LogP contribution in [0.1, 0.15) is 200 Å². The molecule has 6 aliphatic rings. The smallest absolute Gasteiger partial charge is 0.410 e. The summed E-state index contributed by atoms with van der Waals surface area (Å²) in [6.45, 7) is 28.1. The number of aryl methyl sites for hydroxylation is 1. The third-order valence-corrected chi connectivity index (χ3v) is 22.4. The number of hydrogen-bond donors (Lipinski definition) is 3. The van der Waals surface area contributed by atoms with Crippen molar-refractivity contribution in [3.63, 3.8) is 0 Å². The maximum absolute atomic E-state index is 13.2. The molecule has 6 amide bonds. The van der Waals surface area contributed by atoms with E-state index in [0.29, 0.717) is 93.1 Å². The SMILES string of the molecule is CN(C)C(=O)c1cc2cnc(Nc3ccc(CN4CCN(C(=O)OC(C)(C)C)CC4)cc3)nc2n1C1CCCC1.CN(C)C(=O)c1cc2cnc(Nc3ccc(N4CCN(C(=O)OC(C)(C)C)CC4)cc3)nc2n1C1CCCC1.Cc1c(C(=O)N(C)C)n(C2CCCC2)c2nc(Nc3ccc(N4CCN(C(=O)OC(C)(C)C)CC4)cn3)ncc12. The van der Waals surface area contributed by atoms with Crippen molar-refractivity contribution in [3.05, 3.63) is 126 Å². The lowest BCUT2D eigenvalue weighted by atomic mass is 10.2. The second kappa shape index (κ2) is 36.5. The highest BCUT2D eigenvalue weighted by atomic mass is 16.6. The van der Waals surface area contributed by atoms with E-state index < -0.39 is 16.8 Å². The summed E-state index contributed by atoms with van der Waals surface area (Å²) < 4.78 is 22.9. The zero-order chi connectivity index (χ0) is 84.8. The summed E-state index contributed by atoms with van der Waals surface area (Å²) in [4.78, 5) is 126. The Bertz CT molecular complexity index is 5050. The largest absolute Gasteiger partial charge is 0.444 e. The Hall–Kier alpha value is -11.4. The summed E-state index contributed by atoms with van der Waals surface area (Å²) in [5.74, 6) is 2.05. The lowest BCUT2D eigenvalue weighted by Gasteiger charge is -2.36. The molecule has 3 aliphatic heterocycles. The molecule has 6 fully saturated rings. The van der Waals surface area contributed by atoms with Crippen LogP contribution >= 0.6 is 0 Å². The second-order valence-corrected chi connectivity index (χ2v) is 35.6. The van der Waals surface area contributed by atoms with Crippen LogP contribution in [-0.2, 0) is 20.8 Å². The molecule has 0 spiro atoms. The molecule has 0 atom stereocenters. The first kappa shape index (κ1) is 85.5. The minimum atomic E-state index is -0.500. The first-order valence-electron chi connectivity index (χ1n) is 42.1. The molecule has 0 bridgehead atoms. The fraction of sp³-hybridized carbons (Fsp3) is 0.534. The number of carbonyl (C=O) groups is 6. The van der Waals surface area contributed by atoms with Crippen molar-refractivity contribution in [3.8, 4) is 0 Å². The van der Waals surface area contributed by atoms with E-state index in [9.17, 15) is 28.8 Å². The average Bonchev–Trinajstić information content (AvgIpc) is 1.62. The van der Waals surface area contributed by atoms with Gasteiger partial charge in [0.1, 0.15) is 56.6 Å². The lowest BCUT2D eigenvalue weighted by Crippen LogP contribution is -2.50. The number of aromatic nitrogens is 10. The van der Waals surface area contributed by atoms with Gasteiger partial charge in [0.25, 0.3) is 17.7 Å². The molecule has 3 saturated carbocycles. The van der Waals surface area contributed by atoms with Crippen LogP contribution in [0.15, 0.2) is 97.6 Å². The number of nitrogens with one attached hydrogen (secondary N) is 3. The van der Waals surface area contributed by atoms with E-state index in [2.05, 4.69) is 88.6 Å². The molecular formula is C88H120N22O9. The van der Waals surface area contributed by atoms with Gasteiger partial charge in [0, 0.05) is 197 Å². The van der Waals surface area contributed by atoms with Gasteiger partial charge in [-0.2, -0.15) is 15.0 Å². The maximum Gasteiger partial charge on any atom is 0.410 e. The summed E-state index contributed by atoms with van der Waals surface area (Å²) in [5.41, 5.74) is 8.96. The molecule has 2 aromatic carbocycles. The highest BCUT2D eigenvalue weighted by Gasteiger charge is 2.35. The summed E-state index contributed by atoms with van der Waals surface area (Å²) in [7, 11) is 10.7. The van der Waals surface area contributed by atoms with E-state index in [-0.39, 0.29) is 54.1 Å². The van der Waals surface area contributed by atoms with Crippen molar-refractivity contribution in [1.82, 2.24) is 82.9 Å². The standard InChI is InChI=1S/C30H41N7O3.C29H40N8O3.C29H39N7O3/c1-30(2,3)40-29(39)36-16-14-35(15-17-36)20-21-10-12-23(13-11-21)32-28-31-19-22-18-25(27(38)34(4)5)37(26(22)33-28)24-8-6-7-9-24;1-19-22-18-31-27(33-25(22)37(20-9-7-8-10-20)24(19)26(38)34(5)6)32-23-12-11-21(17-30-23)35-13-15-36(16-14-35)28(39)40-29(2,3)4;1-29(2,3)39-28(38)35-16-14-34(15-17-35)22-12-10-21(11-13-22)31-27-30-19-20-18-24(26(37)33(4)5)36(25(20)32-27)23-8-6-7-9-23/h10-13,18-19,24H,6-9,14-17,20H2,1-5H3,(H,31,32,33);11-12,17-18,20H,7-10,13-16H2,1-6H3,(H,30,31,32,33);10-13,18-19,23H,6-9,14-17H2,1-5H3,(H,30,31,32). The third-order valence-electron chi connectivity index (χ3n) is 22.4. The van der Waals surface area contributed by atoms with Crippen LogP contribution in [0.2, 0.25) is 0 Å². The number of hydrogen-bond acceptors (Lipinski definition) is 22. The molecule has 3 aliphatic carbocycles. The Labute approximate surface area is 698 Å². The Balaban J connectivity index is 0.000000155. The zero-order valence-corrected chi connectivity index (χ0v) is 72.3. The molecular weight excluding hydrogens is 1510 g/mol. The first-order chi connectivity index (χ1) is 56.7. The Kier molecular flexibility index (Phi) is 26.2. The van der Waals surface area contributed by atoms with E-state index in [0.717, 1.165) is 146 Å². The van der Waals surface area contributed by atoms with Crippen LogP contribution in [0.3, 0.4) is 0 Å². The van der Waals surface area contributed by atoms with E-state index in [1.54, 1.807) is 90.3 Å². The Morgan fingerprint density at radius 2 is 0.782 bits per heavy atom. The van der Waals surface area contributed by atoms with Crippen LogP contribution in [0.25, 0.3) is 33.1 Å². The van der Waals surface area contributed by atoms with Gasteiger partial charge in [-0.3, -0.25) is 19.3 Å². The van der Waals surface area contributed by atoms with Crippen molar-refractivity contribution in [2.24, 2.45) is 0 Å². The van der Waals surface area contributed by atoms with Gasteiger partial charge < -0.3 is 83.1 Å². The number of anilines is 8. The average molecular weight is 1630 g/mol.